The number of allylic oxidation sites excluding steroid dienone is 2. The Morgan fingerprint density at radius 1 is 0.594 bits per heavy atom. The van der Waals surface area contributed by atoms with Crippen LogP contribution in [0, 0.1) is 0 Å². The van der Waals surface area contributed by atoms with E-state index in [1.54, 1.807) is 0 Å². The van der Waals surface area contributed by atoms with Gasteiger partial charge in [0.15, 0.2) is 0 Å². The van der Waals surface area contributed by atoms with Gasteiger partial charge in [-0.15, -0.1) is 68.9 Å². The SMILES string of the molecule is C1=C(c2c3cc(-c4cccs4)sc3c(C3=CCCS3)c3cc(-c4cccs4)sc23)SCC1. The topological polar surface area (TPSA) is 0 Å². The third-order valence-corrected chi connectivity index (χ3v) is 12.6. The summed E-state index contributed by atoms with van der Waals surface area (Å²) in [6.45, 7) is 0. The van der Waals surface area contributed by atoms with Crippen molar-refractivity contribution in [3.63, 3.8) is 0 Å². The van der Waals surface area contributed by atoms with Gasteiger partial charge in [-0.05, 0) is 47.9 Å². The second kappa shape index (κ2) is 8.19. The molecule has 0 nitrogen and oxygen atoms in total. The van der Waals surface area contributed by atoms with Crippen molar-refractivity contribution in [1.82, 2.24) is 0 Å². The lowest BCUT2D eigenvalue weighted by Gasteiger charge is -2.12. The fourth-order valence-electron chi connectivity index (χ4n) is 4.52. The number of hydrogen-bond acceptors (Lipinski definition) is 6. The maximum absolute atomic E-state index is 2.48. The van der Waals surface area contributed by atoms with Gasteiger partial charge in [0.2, 0.25) is 0 Å². The molecule has 6 heteroatoms. The van der Waals surface area contributed by atoms with E-state index in [1.807, 2.05) is 68.9 Å². The van der Waals surface area contributed by atoms with Crippen LogP contribution in [0.2, 0.25) is 0 Å². The maximum Gasteiger partial charge on any atom is 0.0455 e. The van der Waals surface area contributed by atoms with Gasteiger partial charge in [-0.3, -0.25) is 0 Å². The van der Waals surface area contributed by atoms with E-state index in [9.17, 15) is 0 Å². The first-order valence-electron chi connectivity index (χ1n) is 10.6. The molecule has 0 fully saturated rings. The largest absolute Gasteiger partial charge is 0.143 e. The number of benzene rings is 1. The summed E-state index contributed by atoms with van der Waals surface area (Å²) < 4.78 is 2.95. The van der Waals surface area contributed by atoms with Crippen molar-refractivity contribution in [2.75, 3.05) is 11.5 Å². The first-order chi connectivity index (χ1) is 15.9. The zero-order chi connectivity index (χ0) is 21.1. The van der Waals surface area contributed by atoms with Crippen LogP contribution in [0.25, 0.3) is 49.5 Å². The fourth-order valence-corrected chi connectivity index (χ4v) is 10.9. The average molecular weight is 523 g/mol. The molecule has 2 aliphatic rings. The zero-order valence-electron chi connectivity index (χ0n) is 17.1. The van der Waals surface area contributed by atoms with Crippen LogP contribution < -0.4 is 0 Å². The van der Waals surface area contributed by atoms with Crippen LogP contribution >= 0.6 is 68.9 Å². The number of rotatable bonds is 4. The summed E-state index contributed by atoms with van der Waals surface area (Å²) in [4.78, 5) is 8.53. The molecule has 0 spiro atoms. The lowest BCUT2D eigenvalue weighted by molar-refractivity contribution is 1.28. The van der Waals surface area contributed by atoms with Crippen molar-refractivity contribution in [2.45, 2.75) is 12.8 Å². The predicted octanol–water partition coefficient (Wildman–Crippen LogP) is 10.5. The van der Waals surface area contributed by atoms with Gasteiger partial charge in [0, 0.05) is 72.1 Å². The molecule has 0 N–H and O–H groups in total. The van der Waals surface area contributed by atoms with Crippen LogP contribution in [-0.2, 0) is 0 Å². The Kier molecular flexibility index (Phi) is 5.15. The minimum absolute atomic E-state index is 1.18. The van der Waals surface area contributed by atoms with Crippen LogP contribution in [0.5, 0.6) is 0 Å². The summed E-state index contributed by atoms with van der Waals surface area (Å²) in [5.41, 5.74) is 2.97. The van der Waals surface area contributed by atoms with Gasteiger partial charge in [0.25, 0.3) is 0 Å². The van der Waals surface area contributed by atoms with Crippen molar-refractivity contribution >= 4 is 98.9 Å². The molecule has 2 aliphatic heterocycles. The predicted molar refractivity (Wildman–Crippen MR) is 154 cm³/mol. The average Bonchev–Trinajstić information content (AvgIpc) is 3.66. The summed E-state index contributed by atoms with van der Waals surface area (Å²) in [5.74, 6) is 2.40. The van der Waals surface area contributed by atoms with Crippen molar-refractivity contribution in [2.24, 2.45) is 0 Å². The van der Waals surface area contributed by atoms with E-state index >= 15 is 0 Å². The van der Waals surface area contributed by atoms with Crippen molar-refractivity contribution in [3.8, 4) is 19.5 Å². The van der Waals surface area contributed by atoms with E-state index in [0.29, 0.717) is 0 Å². The normalized spacial score (nSPS) is 16.4. The molecule has 0 amide bonds. The maximum atomic E-state index is 2.48. The molecule has 0 bridgehead atoms. The van der Waals surface area contributed by atoms with Gasteiger partial charge < -0.3 is 0 Å². The fraction of sp³-hybridized carbons (Fsp3) is 0.154. The quantitative estimate of drug-likeness (QED) is 0.230. The zero-order valence-corrected chi connectivity index (χ0v) is 22.0. The molecule has 0 saturated heterocycles. The second-order valence-electron chi connectivity index (χ2n) is 7.82. The summed E-state index contributed by atoms with van der Waals surface area (Å²) in [5, 5.41) is 7.29. The Morgan fingerprint density at radius 3 is 1.47 bits per heavy atom. The Bertz CT molecular complexity index is 1340. The summed E-state index contributed by atoms with van der Waals surface area (Å²) in [7, 11) is 0. The van der Waals surface area contributed by atoms with Crippen molar-refractivity contribution < 1.29 is 0 Å². The lowest BCUT2D eigenvalue weighted by Crippen LogP contribution is -1.87. The van der Waals surface area contributed by atoms with E-state index in [1.165, 1.54) is 85.0 Å². The van der Waals surface area contributed by atoms with Gasteiger partial charge >= 0.3 is 0 Å². The molecule has 7 rings (SSSR count). The second-order valence-corrected chi connectivity index (χ2v) is 14.1. The number of thioether (sulfide) groups is 2. The Hall–Kier alpha value is -1.28. The number of thiophene rings is 4. The summed E-state index contributed by atoms with van der Waals surface area (Å²) in [6, 6.07) is 13.8. The third-order valence-electron chi connectivity index (χ3n) is 5.89. The third kappa shape index (κ3) is 3.23. The molecule has 0 aliphatic carbocycles. The molecular formula is C26H18S6. The molecule has 4 aromatic heterocycles. The molecule has 1 aromatic carbocycles. The van der Waals surface area contributed by atoms with Crippen LogP contribution in [0.3, 0.4) is 0 Å². The molecule has 6 heterocycles. The van der Waals surface area contributed by atoms with Crippen LogP contribution in [0.4, 0.5) is 0 Å². The first kappa shape index (κ1) is 20.1. The minimum atomic E-state index is 1.18. The summed E-state index contributed by atoms with van der Waals surface area (Å²) >= 11 is 11.7. The van der Waals surface area contributed by atoms with E-state index in [0.717, 1.165) is 0 Å². The Morgan fingerprint density at radius 2 is 1.09 bits per heavy atom. The number of fused-ring (bicyclic) bond motifs is 2. The first-order valence-corrected chi connectivity index (χ1v) is 16.0. The monoisotopic (exact) mass is 522 g/mol. The Labute approximate surface area is 211 Å². The molecule has 5 aromatic rings. The molecule has 158 valence electrons. The molecule has 0 atom stereocenters. The van der Waals surface area contributed by atoms with Crippen LogP contribution in [0.15, 0.2) is 59.3 Å². The highest BCUT2D eigenvalue weighted by Gasteiger charge is 2.26. The van der Waals surface area contributed by atoms with Crippen LogP contribution in [-0.4, -0.2) is 11.5 Å². The molecule has 0 radical (unpaired) electrons. The minimum Gasteiger partial charge on any atom is -0.143 e. The number of hydrogen-bond donors (Lipinski definition) is 0. The summed E-state index contributed by atoms with van der Waals surface area (Å²) in [6.07, 6.45) is 7.29. The standard InChI is InChI=1S/C26H18S6/c1-5-17(27-9-1)21-13-15-23(19-7-3-11-29-19)26-16(14-22(32-26)18-6-2-10-28-18)24(25(15)31-21)20-8-4-12-30-20/h1-2,5-10,13-14H,3-4,11-12H2. The molecular weight excluding hydrogens is 505 g/mol. The van der Waals surface area contributed by atoms with Gasteiger partial charge in [0.05, 0.1) is 0 Å². The van der Waals surface area contributed by atoms with E-state index in [4.69, 9.17) is 0 Å². The van der Waals surface area contributed by atoms with Gasteiger partial charge in [-0.1, -0.05) is 24.3 Å². The smallest absolute Gasteiger partial charge is 0.0455 e. The van der Waals surface area contributed by atoms with Gasteiger partial charge in [-0.2, -0.15) is 0 Å². The van der Waals surface area contributed by atoms with Crippen LogP contribution in [0.1, 0.15) is 24.0 Å². The lowest BCUT2D eigenvalue weighted by atomic mass is 10.00. The van der Waals surface area contributed by atoms with Crippen molar-refractivity contribution in [1.29, 1.82) is 0 Å². The van der Waals surface area contributed by atoms with Gasteiger partial charge in [0.1, 0.15) is 0 Å². The van der Waals surface area contributed by atoms with Gasteiger partial charge in [-0.25, -0.2) is 0 Å². The molecule has 0 saturated carbocycles. The Balaban J connectivity index is 1.61. The highest BCUT2D eigenvalue weighted by molar-refractivity contribution is 8.09. The van der Waals surface area contributed by atoms with Crippen molar-refractivity contribution in [3.05, 3.63) is 70.4 Å². The molecule has 32 heavy (non-hydrogen) atoms. The van der Waals surface area contributed by atoms with E-state index < -0.39 is 0 Å². The highest BCUT2D eigenvalue weighted by atomic mass is 32.2. The van der Waals surface area contributed by atoms with E-state index in [-0.39, 0.29) is 0 Å². The highest BCUT2D eigenvalue weighted by Crippen LogP contribution is 2.54. The molecule has 0 unspecified atom stereocenters. The van der Waals surface area contributed by atoms with E-state index in [2.05, 4.69) is 59.3 Å².